The van der Waals surface area contributed by atoms with Gasteiger partial charge in [-0.3, -0.25) is 9.59 Å². The molecule has 1 aliphatic carbocycles. The molecular formula is C24H27N5O4. The number of para-hydroxylation sites is 1. The molecule has 172 valence electrons. The van der Waals surface area contributed by atoms with Crippen LogP contribution in [0.2, 0.25) is 0 Å². The molecule has 1 aromatic carbocycles. The summed E-state index contributed by atoms with van der Waals surface area (Å²) in [6, 6.07) is 6.06. The molecule has 1 spiro atoms. The minimum Gasteiger partial charge on any atom is -0.481 e. The van der Waals surface area contributed by atoms with E-state index in [9.17, 15) is 14.7 Å². The molecular weight excluding hydrogens is 422 g/mol. The van der Waals surface area contributed by atoms with Crippen LogP contribution in [-0.2, 0) is 19.9 Å². The van der Waals surface area contributed by atoms with E-state index in [4.69, 9.17) is 4.74 Å². The number of carbonyl (C=O) groups excluding carboxylic acids is 1. The first-order chi connectivity index (χ1) is 15.9. The number of hydrogen-bond acceptors (Lipinski definition) is 6. The lowest BCUT2D eigenvalue weighted by Gasteiger charge is -2.44. The van der Waals surface area contributed by atoms with Gasteiger partial charge in [-0.1, -0.05) is 49.6 Å². The zero-order valence-corrected chi connectivity index (χ0v) is 18.8. The minimum absolute atomic E-state index is 0.160. The maximum Gasteiger partial charge on any atom is 0.310 e. The van der Waals surface area contributed by atoms with Crippen LogP contribution in [0.4, 0.5) is 0 Å². The Balaban J connectivity index is 1.49. The molecule has 1 amide bonds. The van der Waals surface area contributed by atoms with E-state index in [0.29, 0.717) is 12.4 Å². The maximum absolute atomic E-state index is 13.9. The highest BCUT2D eigenvalue weighted by molar-refractivity contribution is 5.91. The normalized spacial score (nSPS) is 31.9. The third-order valence-electron chi connectivity index (χ3n) is 8.12. The molecule has 0 radical (unpaired) electrons. The van der Waals surface area contributed by atoms with Gasteiger partial charge < -0.3 is 14.7 Å². The second-order valence-electron chi connectivity index (χ2n) is 9.91. The molecule has 2 aromatic rings. The highest BCUT2D eigenvalue weighted by Gasteiger charge is 2.69. The number of amides is 1. The molecule has 3 fully saturated rings. The molecule has 0 unspecified atom stereocenters. The number of likely N-dealkylation sites (tertiary alicyclic amines) is 1. The van der Waals surface area contributed by atoms with Crippen molar-refractivity contribution in [3.05, 3.63) is 47.3 Å². The van der Waals surface area contributed by atoms with Crippen LogP contribution >= 0.6 is 0 Å². The van der Waals surface area contributed by atoms with Crippen molar-refractivity contribution in [1.82, 2.24) is 25.1 Å². The molecule has 9 nitrogen and oxygen atoms in total. The average Bonchev–Trinajstić information content (AvgIpc) is 3.55. The predicted octanol–water partition coefficient (Wildman–Crippen LogP) is 2.31. The first kappa shape index (κ1) is 20.5. The maximum atomic E-state index is 13.9. The van der Waals surface area contributed by atoms with Crippen molar-refractivity contribution in [2.45, 2.75) is 63.2 Å². The van der Waals surface area contributed by atoms with Crippen LogP contribution in [0.15, 0.2) is 30.4 Å². The Morgan fingerprint density at radius 1 is 1.18 bits per heavy atom. The fourth-order valence-electron chi connectivity index (χ4n) is 6.66. The molecule has 1 saturated carbocycles. The second-order valence-corrected chi connectivity index (χ2v) is 9.91. The molecule has 1 aromatic heterocycles. The Morgan fingerprint density at radius 3 is 2.61 bits per heavy atom. The van der Waals surface area contributed by atoms with Crippen molar-refractivity contribution < 1.29 is 19.4 Å². The fraction of sp³-hybridized carbons (Fsp3) is 0.542. The summed E-state index contributed by atoms with van der Waals surface area (Å²) in [6.45, 7) is 4.38. The van der Waals surface area contributed by atoms with Crippen molar-refractivity contribution in [1.29, 1.82) is 0 Å². The van der Waals surface area contributed by atoms with Crippen molar-refractivity contribution in [2.75, 3.05) is 6.54 Å². The van der Waals surface area contributed by atoms with E-state index in [1.807, 2.05) is 43.0 Å². The van der Waals surface area contributed by atoms with Crippen molar-refractivity contribution in [3.63, 3.8) is 0 Å². The fourth-order valence-corrected chi connectivity index (χ4v) is 6.66. The molecule has 2 bridgehead atoms. The Morgan fingerprint density at radius 2 is 1.91 bits per heavy atom. The number of carbonyl (C=O) groups is 2. The van der Waals surface area contributed by atoms with Crippen LogP contribution in [0, 0.1) is 25.7 Å². The molecule has 2 saturated heterocycles. The van der Waals surface area contributed by atoms with Crippen molar-refractivity contribution in [3.8, 4) is 5.69 Å². The number of aryl methyl sites for hydroxylation is 2. The molecule has 4 heterocycles. The number of hydrogen-bond donors (Lipinski definition) is 1. The van der Waals surface area contributed by atoms with E-state index in [2.05, 4.69) is 15.5 Å². The zero-order chi connectivity index (χ0) is 23.0. The van der Waals surface area contributed by atoms with E-state index in [-0.39, 0.29) is 5.91 Å². The summed E-state index contributed by atoms with van der Waals surface area (Å²) >= 11 is 0. The van der Waals surface area contributed by atoms with Gasteiger partial charge in [0.1, 0.15) is 17.1 Å². The molecule has 4 atom stereocenters. The Kier molecular flexibility index (Phi) is 4.33. The lowest BCUT2D eigenvalue weighted by Crippen LogP contribution is -2.52. The Bertz CT molecular complexity index is 1160. The van der Waals surface area contributed by atoms with Crippen LogP contribution in [-0.4, -0.2) is 60.3 Å². The molecule has 1 N–H and O–H groups in total. The molecule has 3 aliphatic heterocycles. The van der Waals surface area contributed by atoms with Crippen LogP contribution in [0.5, 0.6) is 0 Å². The van der Waals surface area contributed by atoms with Crippen LogP contribution in [0.3, 0.4) is 0 Å². The number of fused-ring (bicyclic) bond motifs is 1. The number of carboxylic acids is 1. The van der Waals surface area contributed by atoms with Crippen LogP contribution in [0.1, 0.15) is 49.1 Å². The topological polar surface area (TPSA) is 110 Å². The van der Waals surface area contributed by atoms with Gasteiger partial charge in [-0.25, -0.2) is 0 Å². The van der Waals surface area contributed by atoms with E-state index in [1.54, 1.807) is 10.8 Å². The summed E-state index contributed by atoms with van der Waals surface area (Å²) in [4.78, 5) is 27.9. The van der Waals surface area contributed by atoms with Gasteiger partial charge in [0.25, 0.3) is 0 Å². The summed E-state index contributed by atoms with van der Waals surface area (Å²) < 4.78 is 7.94. The first-order valence-electron chi connectivity index (χ1n) is 11.6. The molecule has 6 rings (SSSR count). The summed E-state index contributed by atoms with van der Waals surface area (Å²) in [5.74, 6) is -2.07. The van der Waals surface area contributed by atoms with Gasteiger partial charge >= 0.3 is 5.97 Å². The van der Waals surface area contributed by atoms with Gasteiger partial charge in [0, 0.05) is 0 Å². The quantitative estimate of drug-likeness (QED) is 0.713. The molecule has 4 aliphatic rings. The average molecular weight is 450 g/mol. The van der Waals surface area contributed by atoms with Gasteiger partial charge in [-0.2, -0.15) is 4.68 Å². The summed E-state index contributed by atoms with van der Waals surface area (Å²) in [5, 5.41) is 22.8. The van der Waals surface area contributed by atoms with Crippen molar-refractivity contribution in [2.24, 2.45) is 11.8 Å². The smallest absolute Gasteiger partial charge is 0.310 e. The van der Waals surface area contributed by atoms with Crippen LogP contribution in [0.25, 0.3) is 5.69 Å². The summed E-state index contributed by atoms with van der Waals surface area (Å²) in [7, 11) is 0. The standard InChI is InChI=1S/C24H27N5O4/c1-14-7-6-8-15(2)19(14)29-22(25-26-27-29)23(10-4-3-5-11-23)28-13-24-12-9-16(33-24)17(21(31)32)18(24)20(28)30/h6-9,12,16-18H,3-5,10-11,13H2,1-2H3,(H,31,32)/t16-,17-,18+,24-/m0/s1. The van der Waals surface area contributed by atoms with E-state index in [1.165, 1.54) is 0 Å². The Hall–Kier alpha value is -3.07. The summed E-state index contributed by atoms with van der Waals surface area (Å²) in [6.07, 6.45) is 7.62. The lowest BCUT2D eigenvalue weighted by molar-refractivity contribution is -0.150. The number of benzene rings is 1. The van der Waals surface area contributed by atoms with E-state index >= 15 is 0 Å². The Labute approximate surface area is 191 Å². The van der Waals surface area contributed by atoms with Gasteiger partial charge in [-0.15, -0.1) is 5.10 Å². The SMILES string of the molecule is Cc1cccc(C)c1-n1nnnc1C1(N2C[C@]34C=C[C@H](O3)[C@H](C(=O)O)[C@@H]4C2=O)CCCCC1. The number of tetrazole rings is 1. The molecule has 9 heteroatoms. The highest BCUT2D eigenvalue weighted by Crippen LogP contribution is 2.56. The predicted molar refractivity (Wildman–Crippen MR) is 116 cm³/mol. The van der Waals surface area contributed by atoms with Gasteiger partial charge in [-0.05, 0) is 48.2 Å². The third-order valence-corrected chi connectivity index (χ3v) is 8.12. The number of carboxylic acid groups (broad SMARTS) is 1. The second kappa shape index (κ2) is 6.96. The summed E-state index contributed by atoms with van der Waals surface area (Å²) in [5.41, 5.74) is 1.44. The van der Waals surface area contributed by atoms with Gasteiger partial charge in [0.2, 0.25) is 5.91 Å². The van der Waals surface area contributed by atoms with Gasteiger partial charge in [0.05, 0.1) is 24.3 Å². The largest absolute Gasteiger partial charge is 0.481 e. The first-order valence-corrected chi connectivity index (χ1v) is 11.6. The van der Waals surface area contributed by atoms with E-state index in [0.717, 1.165) is 48.9 Å². The third kappa shape index (κ3) is 2.65. The van der Waals surface area contributed by atoms with Crippen molar-refractivity contribution >= 4 is 11.9 Å². The van der Waals surface area contributed by atoms with E-state index < -0.39 is 35.0 Å². The number of aromatic nitrogens is 4. The number of ether oxygens (including phenoxy) is 1. The monoisotopic (exact) mass is 449 g/mol. The number of rotatable bonds is 4. The number of aliphatic carboxylic acids is 1. The minimum atomic E-state index is -0.982. The lowest BCUT2D eigenvalue weighted by atomic mass is 9.77. The zero-order valence-electron chi connectivity index (χ0n) is 18.8. The number of nitrogens with zero attached hydrogens (tertiary/aromatic N) is 5. The van der Waals surface area contributed by atoms with Crippen LogP contribution < -0.4 is 0 Å². The molecule has 33 heavy (non-hydrogen) atoms. The van der Waals surface area contributed by atoms with Gasteiger partial charge in [0.15, 0.2) is 5.82 Å². The highest BCUT2D eigenvalue weighted by atomic mass is 16.5.